The third kappa shape index (κ3) is 2.89. The molecule has 1 aromatic heterocycles. The van der Waals surface area contributed by atoms with Gasteiger partial charge in [-0.2, -0.15) is 0 Å². The monoisotopic (exact) mass is 302 g/mol. The summed E-state index contributed by atoms with van der Waals surface area (Å²) in [5, 5.41) is 11.4. The van der Waals surface area contributed by atoms with Crippen molar-refractivity contribution in [2.75, 3.05) is 0 Å². The molecule has 0 unspecified atom stereocenters. The maximum atomic E-state index is 13.8. The predicted molar refractivity (Wildman–Crippen MR) is 91.0 cm³/mol. The van der Waals surface area contributed by atoms with Crippen LogP contribution in [0.1, 0.15) is 0 Å². The number of hydrogen-bond donors (Lipinski definition) is 1. The summed E-state index contributed by atoms with van der Waals surface area (Å²) in [7, 11) is -3.18. The molecule has 0 spiro atoms. The van der Waals surface area contributed by atoms with E-state index in [9.17, 15) is 9.67 Å². The molecule has 0 saturated carbocycles. The zero-order valence-corrected chi connectivity index (χ0v) is 13.1. The SMILES string of the molecule is O=P(c1ccccc1)(c1ccccc1)c1ncccc1O.[Li]. The van der Waals surface area contributed by atoms with E-state index in [0.29, 0.717) is 10.6 Å². The van der Waals surface area contributed by atoms with Crippen LogP contribution < -0.4 is 16.0 Å². The molecular formula is C17H14LiNO2P. The zero-order valence-electron chi connectivity index (χ0n) is 12.3. The van der Waals surface area contributed by atoms with Gasteiger partial charge in [0.25, 0.3) is 0 Å². The molecule has 1 radical (unpaired) electrons. The van der Waals surface area contributed by atoms with E-state index in [-0.39, 0.29) is 30.0 Å². The molecule has 2 aromatic carbocycles. The minimum absolute atomic E-state index is 0. The fourth-order valence-corrected chi connectivity index (χ4v) is 4.90. The molecule has 5 heteroatoms. The van der Waals surface area contributed by atoms with E-state index >= 15 is 0 Å². The minimum atomic E-state index is -3.18. The molecule has 0 saturated heterocycles. The Labute approximate surface area is 141 Å². The van der Waals surface area contributed by atoms with E-state index in [1.54, 1.807) is 12.3 Å². The average Bonchev–Trinajstić information content (AvgIpc) is 2.56. The van der Waals surface area contributed by atoms with Crippen LogP contribution in [0.25, 0.3) is 0 Å². The number of aromatic nitrogens is 1. The molecule has 22 heavy (non-hydrogen) atoms. The van der Waals surface area contributed by atoms with Crippen molar-refractivity contribution < 1.29 is 9.67 Å². The Morgan fingerprint density at radius 2 is 1.27 bits per heavy atom. The Morgan fingerprint density at radius 1 is 0.773 bits per heavy atom. The van der Waals surface area contributed by atoms with Crippen LogP contribution in [-0.2, 0) is 4.57 Å². The van der Waals surface area contributed by atoms with Crippen molar-refractivity contribution in [2.45, 2.75) is 0 Å². The maximum absolute atomic E-state index is 13.8. The molecule has 0 amide bonds. The first-order valence-corrected chi connectivity index (χ1v) is 8.29. The molecule has 0 fully saturated rings. The maximum Gasteiger partial charge on any atom is 0.192 e. The Morgan fingerprint density at radius 3 is 1.73 bits per heavy atom. The smallest absolute Gasteiger partial charge is 0.192 e. The molecular weight excluding hydrogens is 288 g/mol. The fourth-order valence-electron chi connectivity index (χ4n) is 2.30. The van der Waals surface area contributed by atoms with Gasteiger partial charge in [0.1, 0.15) is 11.2 Å². The third-order valence-electron chi connectivity index (χ3n) is 3.30. The molecule has 1 heterocycles. The largest absolute Gasteiger partial charge is 0.506 e. The average molecular weight is 302 g/mol. The summed E-state index contributed by atoms with van der Waals surface area (Å²) in [6, 6.07) is 21.5. The van der Waals surface area contributed by atoms with Crippen LogP contribution in [-0.4, -0.2) is 29.0 Å². The van der Waals surface area contributed by atoms with Crippen LogP contribution in [0.5, 0.6) is 5.75 Å². The Bertz CT molecular complexity index is 751. The van der Waals surface area contributed by atoms with E-state index in [1.807, 2.05) is 60.7 Å². The minimum Gasteiger partial charge on any atom is -0.506 e. The Balaban J connectivity index is 0.00000176. The summed E-state index contributed by atoms with van der Waals surface area (Å²) in [6.45, 7) is 0. The summed E-state index contributed by atoms with van der Waals surface area (Å²) in [4.78, 5) is 4.19. The zero-order chi connectivity index (χ0) is 14.7. The molecule has 0 aliphatic heterocycles. The normalized spacial score (nSPS) is 10.7. The first-order chi connectivity index (χ1) is 10.2. The van der Waals surface area contributed by atoms with Crippen molar-refractivity contribution in [3.8, 4) is 5.75 Å². The van der Waals surface area contributed by atoms with Gasteiger partial charge in [-0.1, -0.05) is 60.7 Å². The topological polar surface area (TPSA) is 50.2 Å². The predicted octanol–water partition coefficient (Wildman–Crippen LogP) is 2.05. The van der Waals surface area contributed by atoms with Crippen molar-refractivity contribution in [1.29, 1.82) is 0 Å². The van der Waals surface area contributed by atoms with Gasteiger partial charge in [-0.25, -0.2) is 4.98 Å². The molecule has 105 valence electrons. The summed E-state index contributed by atoms with van der Waals surface area (Å²) in [5.74, 6) is -0.0476. The second-order valence-corrected chi connectivity index (χ2v) is 7.30. The van der Waals surface area contributed by atoms with E-state index < -0.39 is 7.14 Å². The number of rotatable bonds is 3. The van der Waals surface area contributed by atoms with E-state index in [2.05, 4.69) is 4.98 Å². The Kier molecular flexibility index (Phi) is 5.27. The summed E-state index contributed by atoms with van der Waals surface area (Å²) >= 11 is 0. The first-order valence-electron chi connectivity index (χ1n) is 6.59. The number of pyridine rings is 1. The Hall–Kier alpha value is -1.78. The van der Waals surface area contributed by atoms with Crippen molar-refractivity contribution in [2.24, 2.45) is 0 Å². The summed E-state index contributed by atoms with van der Waals surface area (Å²) in [6.07, 6.45) is 1.55. The van der Waals surface area contributed by atoms with Gasteiger partial charge in [-0.15, -0.1) is 0 Å². The summed E-state index contributed by atoms with van der Waals surface area (Å²) < 4.78 is 13.8. The molecule has 3 nitrogen and oxygen atoms in total. The number of hydrogen-bond acceptors (Lipinski definition) is 3. The number of nitrogens with zero attached hydrogens (tertiary/aromatic N) is 1. The van der Waals surface area contributed by atoms with Crippen molar-refractivity contribution >= 4 is 42.0 Å². The van der Waals surface area contributed by atoms with Gasteiger partial charge in [-0.05, 0) is 12.1 Å². The third-order valence-corrected chi connectivity index (χ3v) is 6.30. The van der Waals surface area contributed by atoms with E-state index in [1.165, 1.54) is 6.07 Å². The number of benzene rings is 2. The van der Waals surface area contributed by atoms with Gasteiger partial charge in [-0.3, -0.25) is 0 Å². The molecule has 0 atom stereocenters. The van der Waals surface area contributed by atoms with Crippen LogP contribution >= 0.6 is 7.14 Å². The first kappa shape index (κ1) is 16.6. The second kappa shape index (κ2) is 6.98. The van der Waals surface area contributed by atoms with Gasteiger partial charge in [0.15, 0.2) is 7.14 Å². The fraction of sp³-hybridized carbons (Fsp3) is 0. The quantitative estimate of drug-likeness (QED) is 0.595. The van der Waals surface area contributed by atoms with E-state index in [4.69, 9.17) is 0 Å². The number of aromatic hydroxyl groups is 1. The van der Waals surface area contributed by atoms with Crippen LogP contribution in [0.3, 0.4) is 0 Å². The van der Waals surface area contributed by atoms with Gasteiger partial charge in [0.2, 0.25) is 0 Å². The molecule has 0 aliphatic rings. The van der Waals surface area contributed by atoms with E-state index in [0.717, 1.165) is 0 Å². The molecule has 3 aromatic rings. The molecule has 3 rings (SSSR count). The second-order valence-electron chi connectivity index (χ2n) is 4.63. The van der Waals surface area contributed by atoms with Gasteiger partial charge < -0.3 is 9.67 Å². The molecule has 0 aliphatic carbocycles. The van der Waals surface area contributed by atoms with Gasteiger partial charge >= 0.3 is 0 Å². The molecule has 0 bridgehead atoms. The van der Waals surface area contributed by atoms with Crippen LogP contribution in [0.2, 0.25) is 0 Å². The summed E-state index contributed by atoms with van der Waals surface area (Å²) in [5.41, 5.74) is 0.224. The van der Waals surface area contributed by atoms with Gasteiger partial charge in [0.05, 0.1) is 0 Å². The van der Waals surface area contributed by atoms with Crippen molar-refractivity contribution in [3.05, 3.63) is 79.0 Å². The van der Waals surface area contributed by atoms with Crippen LogP contribution in [0, 0.1) is 0 Å². The van der Waals surface area contributed by atoms with Crippen LogP contribution in [0.15, 0.2) is 79.0 Å². The van der Waals surface area contributed by atoms with Crippen molar-refractivity contribution in [3.63, 3.8) is 0 Å². The van der Waals surface area contributed by atoms with Crippen molar-refractivity contribution in [1.82, 2.24) is 4.98 Å². The van der Waals surface area contributed by atoms with Gasteiger partial charge in [0, 0.05) is 35.7 Å². The molecule has 1 N–H and O–H groups in total. The standard InChI is InChI=1S/C17H14NO2P.Li/c19-16-12-7-13-18-17(16)21(20,14-8-3-1-4-9-14)15-10-5-2-6-11-15;/h1-13,19H;. The van der Waals surface area contributed by atoms with Crippen LogP contribution in [0.4, 0.5) is 0 Å².